The van der Waals surface area contributed by atoms with Gasteiger partial charge in [0.1, 0.15) is 6.10 Å². The van der Waals surface area contributed by atoms with E-state index in [0.717, 1.165) is 51.4 Å². The molecule has 3 unspecified atom stereocenters. The van der Waals surface area contributed by atoms with Gasteiger partial charge in [-0.3, -0.25) is 9.59 Å². The Balaban J connectivity index is 4.56. The summed E-state index contributed by atoms with van der Waals surface area (Å²) in [5, 5.41) is 23.8. The van der Waals surface area contributed by atoms with Crippen LogP contribution in [-0.2, 0) is 14.3 Å². The maximum Gasteiger partial charge on any atom is 0.306 e. The van der Waals surface area contributed by atoms with Crippen molar-refractivity contribution in [3.63, 3.8) is 0 Å². The van der Waals surface area contributed by atoms with Gasteiger partial charge in [0.25, 0.3) is 0 Å². The maximum absolute atomic E-state index is 13.2. The van der Waals surface area contributed by atoms with Gasteiger partial charge in [-0.2, -0.15) is 0 Å². The van der Waals surface area contributed by atoms with E-state index in [1.54, 1.807) is 0 Å². The van der Waals surface area contributed by atoms with Gasteiger partial charge in [0, 0.05) is 6.42 Å². The molecule has 0 saturated heterocycles. The van der Waals surface area contributed by atoms with Gasteiger partial charge < -0.3 is 20.3 Å². The molecule has 59 heavy (non-hydrogen) atoms. The van der Waals surface area contributed by atoms with Crippen LogP contribution in [0, 0.1) is 0 Å². The molecular formula is C53H103NO5. The lowest BCUT2D eigenvalue weighted by atomic mass is 10.0. The van der Waals surface area contributed by atoms with Crippen LogP contribution >= 0.6 is 0 Å². The Labute approximate surface area is 368 Å². The van der Waals surface area contributed by atoms with E-state index in [2.05, 4.69) is 38.2 Å². The summed E-state index contributed by atoms with van der Waals surface area (Å²) in [5.74, 6) is -0.474. The number of aliphatic hydroxyl groups is 2. The van der Waals surface area contributed by atoms with Crippen LogP contribution in [-0.4, -0.2) is 46.9 Å². The minimum atomic E-state index is -0.783. The molecule has 0 fully saturated rings. The number of esters is 1. The first-order chi connectivity index (χ1) is 29.0. The van der Waals surface area contributed by atoms with Crippen LogP contribution in [0.15, 0.2) is 12.2 Å². The van der Waals surface area contributed by atoms with Crippen molar-refractivity contribution < 1.29 is 24.5 Å². The molecule has 6 heteroatoms. The third kappa shape index (κ3) is 43.1. The third-order valence-corrected chi connectivity index (χ3v) is 12.3. The molecule has 0 spiro atoms. The van der Waals surface area contributed by atoms with E-state index < -0.39 is 18.2 Å². The number of hydrogen-bond acceptors (Lipinski definition) is 5. The first-order valence-electron chi connectivity index (χ1n) is 26.4. The van der Waals surface area contributed by atoms with E-state index in [-0.39, 0.29) is 24.9 Å². The van der Waals surface area contributed by atoms with Crippen molar-refractivity contribution in [1.82, 2.24) is 5.32 Å². The van der Waals surface area contributed by atoms with Crippen LogP contribution in [0.1, 0.15) is 290 Å². The number of rotatable bonds is 48. The molecule has 0 aromatic heterocycles. The Morgan fingerprint density at radius 1 is 0.475 bits per heavy atom. The largest absolute Gasteiger partial charge is 0.462 e. The highest BCUT2D eigenvalue weighted by Crippen LogP contribution is 2.18. The zero-order valence-electron chi connectivity index (χ0n) is 39.9. The molecule has 0 aliphatic rings. The van der Waals surface area contributed by atoms with Gasteiger partial charge >= 0.3 is 5.97 Å². The van der Waals surface area contributed by atoms with Crippen LogP contribution in [0.4, 0.5) is 0 Å². The summed E-state index contributed by atoms with van der Waals surface area (Å²) in [6.07, 6.45) is 52.7. The number of carbonyl (C=O) groups is 2. The Hall–Kier alpha value is -1.40. The van der Waals surface area contributed by atoms with Gasteiger partial charge in [0.15, 0.2) is 0 Å². The van der Waals surface area contributed by atoms with Gasteiger partial charge in [0.2, 0.25) is 5.91 Å². The quantitative estimate of drug-likeness (QED) is 0.0322. The topological polar surface area (TPSA) is 95.9 Å². The van der Waals surface area contributed by atoms with Crippen LogP contribution in [0.25, 0.3) is 0 Å². The number of carbonyl (C=O) groups excluding carboxylic acids is 2. The van der Waals surface area contributed by atoms with Gasteiger partial charge in [0.05, 0.1) is 25.2 Å². The summed E-state index contributed by atoms with van der Waals surface area (Å²) in [5.41, 5.74) is 0. The number of amides is 1. The summed E-state index contributed by atoms with van der Waals surface area (Å²) in [6, 6.07) is -0.697. The summed E-state index contributed by atoms with van der Waals surface area (Å²) < 4.78 is 5.93. The van der Waals surface area contributed by atoms with Gasteiger partial charge in [-0.25, -0.2) is 0 Å². The van der Waals surface area contributed by atoms with Gasteiger partial charge in [-0.1, -0.05) is 238 Å². The van der Waals surface area contributed by atoms with Gasteiger partial charge in [-0.15, -0.1) is 0 Å². The van der Waals surface area contributed by atoms with E-state index in [9.17, 15) is 19.8 Å². The molecule has 0 aliphatic carbocycles. The fourth-order valence-corrected chi connectivity index (χ4v) is 8.31. The predicted octanol–water partition coefficient (Wildman–Crippen LogP) is 15.7. The van der Waals surface area contributed by atoms with Crippen LogP contribution in [0.2, 0.25) is 0 Å². The number of ether oxygens (including phenoxy) is 1. The standard InChI is InChI=1S/C53H103NO5/c1-4-7-10-13-16-19-22-25-27-29-32-35-38-41-44-49(59-53(58)46-43-40-37-34-31-28-26-23-20-17-14-11-8-5-2)47-52(57)54-50(48-55)51(56)45-42-39-36-33-30-24-21-18-15-12-9-6-3/h28,31,49-51,55-56H,4-27,29-30,32-48H2,1-3H3,(H,54,57)/b31-28-. The Morgan fingerprint density at radius 2 is 0.814 bits per heavy atom. The Morgan fingerprint density at radius 3 is 1.20 bits per heavy atom. The smallest absolute Gasteiger partial charge is 0.306 e. The second kappa shape index (κ2) is 47.6. The summed E-state index contributed by atoms with van der Waals surface area (Å²) in [7, 11) is 0. The minimum Gasteiger partial charge on any atom is -0.462 e. The number of aliphatic hydroxyl groups excluding tert-OH is 2. The lowest BCUT2D eigenvalue weighted by molar-refractivity contribution is -0.151. The Kier molecular flexibility index (Phi) is 46.5. The lowest BCUT2D eigenvalue weighted by Gasteiger charge is -2.24. The van der Waals surface area contributed by atoms with Crippen molar-refractivity contribution in [3.05, 3.63) is 12.2 Å². The zero-order valence-corrected chi connectivity index (χ0v) is 39.9. The minimum absolute atomic E-state index is 0.0789. The van der Waals surface area contributed by atoms with Crippen molar-refractivity contribution in [1.29, 1.82) is 0 Å². The first-order valence-corrected chi connectivity index (χ1v) is 26.4. The highest BCUT2D eigenvalue weighted by atomic mass is 16.5. The SMILES string of the molecule is CCCCCCCCC/C=C\CCCCCC(=O)OC(CCCCCCCCCCCCCCCC)CC(=O)NC(CO)C(O)CCCCCCCCCCCCCC. The second-order valence-corrected chi connectivity index (χ2v) is 18.3. The number of allylic oxidation sites excluding steroid dienone is 2. The molecule has 0 saturated carbocycles. The molecule has 0 rings (SSSR count). The van der Waals surface area contributed by atoms with Crippen molar-refractivity contribution >= 4 is 11.9 Å². The molecule has 3 N–H and O–H groups in total. The monoisotopic (exact) mass is 834 g/mol. The molecule has 3 atom stereocenters. The molecule has 0 bridgehead atoms. The average Bonchev–Trinajstić information content (AvgIpc) is 3.23. The molecule has 0 aromatic carbocycles. The fraction of sp³-hybridized carbons (Fsp3) is 0.925. The van der Waals surface area contributed by atoms with E-state index in [1.165, 1.54) is 193 Å². The second-order valence-electron chi connectivity index (χ2n) is 18.3. The maximum atomic E-state index is 13.2. The molecule has 0 heterocycles. The van der Waals surface area contributed by atoms with Crippen LogP contribution in [0.5, 0.6) is 0 Å². The normalized spacial score (nSPS) is 13.2. The molecule has 6 nitrogen and oxygen atoms in total. The zero-order chi connectivity index (χ0) is 43.1. The highest BCUT2D eigenvalue weighted by Gasteiger charge is 2.24. The van der Waals surface area contributed by atoms with Crippen molar-refractivity contribution in [2.45, 2.75) is 309 Å². The summed E-state index contributed by atoms with van der Waals surface area (Å²) >= 11 is 0. The first kappa shape index (κ1) is 57.6. The number of nitrogens with one attached hydrogen (secondary N) is 1. The average molecular weight is 834 g/mol. The van der Waals surface area contributed by atoms with Crippen LogP contribution in [0.3, 0.4) is 0 Å². The predicted molar refractivity (Wildman–Crippen MR) is 255 cm³/mol. The van der Waals surface area contributed by atoms with Gasteiger partial charge in [-0.05, 0) is 51.4 Å². The molecule has 1 amide bonds. The van der Waals surface area contributed by atoms with Crippen LogP contribution < -0.4 is 5.32 Å². The summed E-state index contributed by atoms with van der Waals surface area (Å²) in [6.45, 7) is 6.50. The fourth-order valence-electron chi connectivity index (χ4n) is 8.31. The third-order valence-electron chi connectivity index (χ3n) is 12.3. The van der Waals surface area contributed by atoms with E-state index in [1.807, 2.05) is 0 Å². The Bertz CT molecular complexity index is 893. The number of unbranched alkanes of at least 4 members (excludes halogenated alkanes) is 34. The summed E-state index contributed by atoms with van der Waals surface area (Å²) in [4.78, 5) is 26.1. The van der Waals surface area contributed by atoms with E-state index >= 15 is 0 Å². The van der Waals surface area contributed by atoms with E-state index in [4.69, 9.17) is 4.74 Å². The molecule has 350 valence electrons. The number of hydrogen-bond donors (Lipinski definition) is 3. The van der Waals surface area contributed by atoms with E-state index in [0.29, 0.717) is 19.3 Å². The van der Waals surface area contributed by atoms with Crippen molar-refractivity contribution in [2.24, 2.45) is 0 Å². The molecular weight excluding hydrogens is 731 g/mol. The molecule has 0 aromatic rings. The highest BCUT2D eigenvalue weighted by molar-refractivity contribution is 5.77. The molecule has 0 radical (unpaired) electrons. The lowest BCUT2D eigenvalue weighted by Crippen LogP contribution is -2.46. The van der Waals surface area contributed by atoms with Crippen molar-refractivity contribution in [2.75, 3.05) is 6.61 Å². The van der Waals surface area contributed by atoms with Crippen molar-refractivity contribution in [3.8, 4) is 0 Å². The molecule has 0 aliphatic heterocycles.